The Hall–Kier alpha value is -1.70. The SMILES string of the molecule is CCN(c1ccc(C(F)(F)F)cc1C#N)C1CCCCC1. The molecule has 0 N–H and O–H groups in total. The Morgan fingerprint density at radius 3 is 2.43 bits per heavy atom. The van der Waals surface area contributed by atoms with Crippen LogP contribution in [0.1, 0.15) is 50.2 Å². The van der Waals surface area contributed by atoms with E-state index in [9.17, 15) is 18.4 Å². The summed E-state index contributed by atoms with van der Waals surface area (Å²) in [5.74, 6) is 0. The molecule has 1 fully saturated rings. The molecule has 0 saturated heterocycles. The van der Waals surface area contributed by atoms with Gasteiger partial charge >= 0.3 is 6.18 Å². The van der Waals surface area contributed by atoms with E-state index in [-0.39, 0.29) is 5.56 Å². The van der Waals surface area contributed by atoms with Crippen LogP contribution in [0.25, 0.3) is 0 Å². The average molecular weight is 296 g/mol. The lowest BCUT2D eigenvalue weighted by molar-refractivity contribution is -0.137. The van der Waals surface area contributed by atoms with E-state index < -0.39 is 11.7 Å². The van der Waals surface area contributed by atoms with Crippen LogP contribution in [0.15, 0.2) is 18.2 Å². The number of alkyl halides is 3. The second-order valence-electron chi connectivity index (χ2n) is 5.42. The van der Waals surface area contributed by atoms with Gasteiger partial charge in [-0.2, -0.15) is 18.4 Å². The second-order valence-corrected chi connectivity index (χ2v) is 5.42. The highest BCUT2D eigenvalue weighted by atomic mass is 19.4. The number of benzene rings is 1. The van der Waals surface area contributed by atoms with Gasteiger partial charge in [0.1, 0.15) is 6.07 Å². The molecule has 2 rings (SSSR count). The van der Waals surface area contributed by atoms with E-state index in [0.29, 0.717) is 18.3 Å². The summed E-state index contributed by atoms with van der Waals surface area (Å²) in [6.45, 7) is 2.68. The van der Waals surface area contributed by atoms with Crippen molar-refractivity contribution in [1.29, 1.82) is 5.26 Å². The highest BCUT2D eigenvalue weighted by molar-refractivity contribution is 5.61. The summed E-state index contributed by atoms with van der Waals surface area (Å²) < 4.78 is 38.3. The number of hydrogen-bond acceptors (Lipinski definition) is 2. The van der Waals surface area contributed by atoms with Crippen molar-refractivity contribution in [1.82, 2.24) is 0 Å². The molecule has 0 bridgehead atoms. The van der Waals surface area contributed by atoms with Gasteiger partial charge in [-0.3, -0.25) is 0 Å². The summed E-state index contributed by atoms with van der Waals surface area (Å²) in [5.41, 5.74) is -0.0281. The standard InChI is InChI=1S/C16H19F3N2/c1-2-21(14-6-4-3-5-7-14)15-9-8-13(16(17,18)19)10-12(15)11-20/h8-10,14H,2-7H2,1H3. The first-order valence-corrected chi connectivity index (χ1v) is 7.35. The second kappa shape index (κ2) is 6.38. The minimum absolute atomic E-state index is 0.109. The normalized spacial score (nSPS) is 16.5. The van der Waals surface area contributed by atoms with Crippen molar-refractivity contribution in [3.05, 3.63) is 29.3 Å². The van der Waals surface area contributed by atoms with Gasteiger partial charge in [-0.15, -0.1) is 0 Å². The van der Waals surface area contributed by atoms with Crippen molar-refractivity contribution in [3.63, 3.8) is 0 Å². The van der Waals surface area contributed by atoms with Gasteiger partial charge in [-0.1, -0.05) is 19.3 Å². The minimum atomic E-state index is -4.41. The number of nitriles is 1. The van der Waals surface area contributed by atoms with Crippen molar-refractivity contribution in [3.8, 4) is 6.07 Å². The van der Waals surface area contributed by atoms with Crippen LogP contribution in [0.4, 0.5) is 18.9 Å². The molecule has 0 heterocycles. The number of anilines is 1. The molecular weight excluding hydrogens is 277 g/mol. The molecule has 1 aromatic rings. The van der Waals surface area contributed by atoms with E-state index in [1.165, 1.54) is 12.5 Å². The maximum absolute atomic E-state index is 12.8. The Bertz CT molecular complexity index is 525. The van der Waals surface area contributed by atoms with E-state index in [1.807, 2.05) is 13.0 Å². The quantitative estimate of drug-likeness (QED) is 0.805. The zero-order valence-corrected chi connectivity index (χ0v) is 12.1. The van der Waals surface area contributed by atoms with E-state index >= 15 is 0 Å². The van der Waals surface area contributed by atoms with Crippen molar-refractivity contribution >= 4 is 5.69 Å². The van der Waals surface area contributed by atoms with Gasteiger partial charge in [-0.25, -0.2) is 0 Å². The van der Waals surface area contributed by atoms with Crippen LogP contribution in [-0.4, -0.2) is 12.6 Å². The zero-order chi connectivity index (χ0) is 15.5. The Labute approximate surface area is 123 Å². The third-order valence-electron chi connectivity index (χ3n) is 4.11. The molecule has 114 valence electrons. The Balaban J connectivity index is 2.35. The Kier molecular flexibility index (Phi) is 4.76. The maximum atomic E-state index is 12.8. The summed E-state index contributed by atoms with van der Waals surface area (Å²) in [6, 6.07) is 5.72. The molecule has 0 aromatic heterocycles. The Morgan fingerprint density at radius 2 is 1.90 bits per heavy atom. The zero-order valence-electron chi connectivity index (χ0n) is 12.1. The van der Waals surface area contributed by atoms with Crippen LogP contribution in [-0.2, 0) is 6.18 Å². The number of halogens is 3. The molecule has 0 atom stereocenters. The predicted molar refractivity (Wildman–Crippen MR) is 76.1 cm³/mol. The third-order valence-corrected chi connectivity index (χ3v) is 4.11. The minimum Gasteiger partial charge on any atom is -0.368 e. The van der Waals surface area contributed by atoms with Crippen molar-refractivity contribution in [2.24, 2.45) is 0 Å². The smallest absolute Gasteiger partial charge is 0.368 e. The van der Waals surface area contributed by atoms with Gasteiger partial charge in [0.15, 0.2) is 0 Å². The van der Waals surface area contributed by atoms with Crippen LogP contribution >= 0.6 is 0 Å². The number of rotatable bonds is 3. The van der Waals surface area contributed by atoms with Gasteiger partial charge in [0.25, 0.3) is 0 Å². The third kappa shape index (κ3) is 3.49. The fourth-order valence-corrected chi connectivity index (χ4v) is 3.07. The molecule has 1 aliphatic carbocycles. The monoisotopic (exact) mass is 296 g/mol. The van der Waals surface area contributed by atoms with Crippen molar-refractivity contribution in [2.75, 3.05) is 11.4 Å². The van der Waals surface area contributed by atoms with Gasteiger partial charge in [0.2, 0.25) is 0 Å². The molecule has 2 nitrogen and oxygen atoms in total. The first-order valence-electron chi connectivity index (χ1n) is 7.35. The fourth-order valence-electron chi connectivity index (χ4n) is 3.07. The molecule has 1 saturated carbocycles. The van der Waals surface area contributed by atoms with E-state index in [2.05, 4.69) is 4.90 Å². The highest BCUT2D eigenvalue weighted by Crippen LogP contribution is 2.34. The van der Waals surface area contributed by atoms with Gasteiger partial charge in [0.05, 0.1) is 16.8 Å². The van der Waals surface area contributed by atoms with E-state index in [4.69, 9.17) is 0 Å². The number of hydrogen-bond donors (Lipinski definition) is 0. The molecule has 0 amide bonds. The molecular formula is C16H19F3N2. The van der Waals surface area contributed by atoms with Gasteiger partial charge in [-0.05, 0) is 38.0 Å². The largest absolute Gasteiger partial charge is 0.416 e. The molecule has 21 heavy (non-hydrogen) atoms. The molecule has 0 unspecified atom stereocenters. The summed E-state index contributed by atoms with van der Waals surface area (Å²) in [4.78, 5) is 2.08. The van der Waals surface area contributed by atoms with Crippen LogP contribution in [0.2, 0.25) is 0 Å². The predicted octanol–water partition coefficient (Wildman–Crippen LogP) is 4.74. The summed E-state index contributed by atoms with van der Waals surface area (Å²) in [6.07, 6.45) is 1.17. The van der Waals surface area contributed by atoms with Gasteiger partial charge < -0.3 is 4.90 Å². The lowest BCUT2D eigenvalue weighted by atomic mass is 9.93. The van der Waals surface area contributed by atoms with E-state index in [1.54, 1.807) is 0 Å². The molecule has 0 radical (unpaired) electrons. The van der Waals surface area contributed by atoms with Gasteiger partial charge in [0, 0.05) is 12.6 Å². The Morgan fingerprint density at radius 1 is 1.24 bits per heavy atom. The topological polar surface area (TPSA) is 27.0 Å². The summed E-state index contributed by atoms with van der Waals surface area (Å²) >= 11 is 0. The van der Waals surface area contributed by atoms with Crippen LogP contribution in [0.5, 0.6) is 0 Å². The highest BCUT2D eigenvalue weighted by Gasteiger charge is 2.32. The van der Waals surface area contributed by atoms with Crippen LogP contribution < -0.4 is 4.90 Å². The summed E-state index contributed by atoms with van der Waals surface area (Å²) in [7, 11) is 0. The first kappa shape index (κ1) is 15.7. The van der Waals surface area contributed by atoms with Crippen molar-refractivity contribution < 1.29 is 13.2 Å². The fraction of sp³-hybridized carbons (Fsp3) is 0.562. The maximum Gasteiger partial charge on any atom is 0.416 e. The first-order chi connectivity index (χ1) is 9.97. The molecule has 0 aliphatic heterocycles. The molecule has 0 spiro atoms. The van der Waals surface area contributed by atoms with E-state index in [0.717, 1.165) is 37.8 Å². The average Bonchev–Trinajstić information content (AvgIpc) is 2.48. The van der Waals surface area contributed by atoms with Crippen LogP contribution in [0.3, 0.4) is 0 Å². The van der Waals surface area contributed by atoms with Crippen LogP contribution in [0, 0.1) is 11.3 Å². The molecule has 1 aliphatic rings. The number of nitrogens with zero attached hydrogens (tertiary/aromatic N) is 2. The van der Waals surface area contributed by atoms with Crippen molar-refractivity contribution in [2.45, 2.75) is 51.2 Å². The molecule has 1 aromatic carbocycles. The summed E-state index contributed by atoms with van der Waals surface area (Å²) in [5, 5.41) is 9.21. The lowest BCUT2D eigenvalue weighted by Gasteiger charge is -2.36. The molecule has 5 heteroatoms. The lowest BCUT2D eigenvalue weighted by Crippen LogP contribution is -2.37.